The van der Waals surface area contributed by atoms with Crippen LogP contribution in [0.5, 0.6) is 0 Å². The molecule has 18 heavy (non-hydrogen) atoms. The van der Waals surface area contributed by atoms with Crippen LogP contribution in [0.4, 0.5) is 5.69 Å². The molecule has 0 aromatic heterocycles. The van der Waals surface area contributed by atoms with Crippen LogP contribution in [0.1, 0.15) is 35.7 Å². The van der Waals surface area contributed by atoms with Crippen LogP contribution in [0.15, 0.2) is 18.2 Å². The normalized spacial score (nSPS) is 18.7. The molecular formula is C14H17NO3. The van der Waals surface area contributed by atoms with Crippen molar-refractivity contribution in [3.05, 3.63) is 29.3 Å². The van der Waals surface area contributed by atoms with Gasteiger partial charge in [0, 0.05) is 12.2 Å². The molecule has 1 saturated heterocycles. The van der Waals surface area contributed by atoms with Crippen LogP contribution in [0.3, 0.4) is 0 Å². The first-order valence-corrected chi connectivity index (χ1v) is 6.12. The average molecular weight is 247 g/mol. The summed E-state index contributed by atoms with van der Waals surface area (Å²) in [5.41, 5.74) is 2.01. The molecule has 4 nitrogen and oxygen atoms in total. The van der Waals surface area contributed by atoms with Crippen molar-refractivity contribution in [2.24, 2.45) is 0 Å². The number of benzene rings is 1. The van der Waals surface area contributed by atoms with Crippen LogP contribution in [-0.4, -0.2) is 24.4 Å². The highest BCUT2D eigenvalue weighted by molar-refractivity contribution is 6.05. The minimum atomic E-state index is -0.384. The predicted octanol–water partition coefficient (Wildman–Crippen LogP) is 2.32. The number of amides is 1. The maximum Gasteiger partial charge on any atom is 0.253 e. The molecule has 4 heteroatoms. The number of carbonyl (C=O) groups is 2. The van der Waals surface area contributed by atoms with Crippen molar-refractivity contribution in [1.29, 1.82) is 0 Å². The third kappa shape index (κ3) is 2.59. The Hall–Kier alpha value is -1.68. The van der Waals surface area contributed by atoms with Gasteiger partial charge in [-0.25, -0.2) is 0 Å². The Bertz CT molecular complexity index is 476. The summed E-state index contributed by atoms with van der Waals surface area (Å²) in [5, 5.41) is 2.79. The highest BCUT2D eigenvalue weighted by Crippen LogP contribution is 2.22. The summed E-state index contributed by atoms with van der Waals surface area (Å²) in [6.07, 6.45) is 1.27. The number of carbonyl (C=O) groups excluding carboxylic acids is 2. The first-order valence-electron chi connectivity index (χ1n) is 6.12. The van der Waals surface area contributed by atoms with Gasteiger partial charge in [0.05, 0.1) is 5.69 Å². The average Bonchev–Trinajstić information content (AvgIpc) is 2.81. The lowest BCUT2D eigenvalue weighted by Gasteiger charge is -2.14. The molecule has 0 unspecified atom stereocenters. The number of Topliss-reactive ketones (excluding diaryl/α,β-unsaturated/α-hetero) is 1. The topological polar surface area (TPSA) is 55.4 Å². The van der Waals surface area contributed by atoms with E-state index in [0.29, 0.717) is 17.9 Å². The third-order valence-electron chi connectivity index (χ3n) is 3.10. The quantitative estimate of drug-likeness (QED) is 0.834. The number of nitrogens with one attached hydrogen (secondary N) is 1. The lowest BCUT2D eigenvalue weighted by molar-refractivity contribution is -0.124. The number of hydrogen-bond acceptors (Lipinski definition) is 3. The Kier molecular flexibility index (Phi) is 3.77. The fraction of sp³-hybridized carbons (Fsp3) is 0.429. The molecule has 1 amide bonds. The predicted molar refractivity (Wildman–Crippen MR) is 68.8 cm³/mol. The van der Waals surface area contributed by atoms with Gasteiger partial charge in [-0.3, -0.25) is 9.59 Å². The van der Waals surface area contributed by atoms with E-state index < -0.39 is 0 Å². The maximum absolute atomic E-state index is 12.0. The standard InChI is InChI=1S/C14H17NO3/c1-9-5-3-6-11(13(9)10(2)16)15-14(17)12-7-4-8-18-12/h3,5-6,12H,4,7-8H2,1-2H3,(H,15,17)/t12-/m1/s1. The number of rotatable bonds is 3. The zero-order valence-electron chi connectivity index (χ0n) is 10.7. The van der Waals surface area contributed by atoms with Gasteiger partial charge in [-0.2, -0.15) is 0 Å². The second-order valence-corrected chi connectivity index (χ2v) is 4.54. The van der Waals surface area contributed by atoms with Gasteiger partial charge in [-0.15, -0.1) is 0 Å². The number of ether oxygens (including phenoxy) is 1. The van der Waals surface area contributed by atoms with Crippen molar-refractivity contribution >= 4 is 17.4 Å². The van der Waals surface area contributed by atoms with Crippen molar-refractivity contribution in [3.8, 4) is 0 Å². The van der Waals surface area contributed by atoms with Crippen molar-refractivity contribution in [1.82, 2.24) is 0 Å². The van der Waals surface area contributed by atoms with Gasteiger partial charge in [0.1, 0.15) is 6.10 Å². The van der Waals surface area contributed by atoms with Crippen LogP contribution in [-0.2, 0) is 9.53 Å². The van der Waals surface area contributed by atoms with Crippen molar-refractivity contribution in [2.75, 3.05) is 11.9 Å². The Morgan fingerprint density at radius 1 is 1.39 bits per heavy atom. The lowest BCUT2D eigenvalue weighted by Crippen LogP contribution is -2.27. The molecule has 0 bridgehead atoms. The summed E-state index contributed by atoms with van der Waals surface area (Å²) in [6, 6.07) is 5.43. The fourth-order valence-corrected chi connectivity index (χ4v) is 2.24. The van der Waals surface area contributed by atoms with E-state index in [0.717, 1.165) is 18.4 Å². The van der Waals surface area contributed by atoms with Gasteiger partial charge in [-0.1, -0.05) is 12.1 Å². The summed E-state index contributed by atoms with van der Waals surface area (Å²) in [4.78, 5) is 23.6. The molecule has 1 heterocycles. The van der Waals surface area contributed by atoms with Crippen molar-refractivity contribution in [3.63, 3.8) is 0 Å². The zero-order chi connectivity index (χ0) is 13.1. The Morgan fingerprint density at radius 2 is 2.17 bits per heavy atom. The van der Waals surface area contributed by atoms with Gasteiger partial charge < -0.3 is 10.1 Å². The summed E-state index contributed by atoms with van der Waals surface area (Å²) in [7, 11) is 0. The molecule has 0 saturated carbocycles. The smallest absolute Gasteiger partial charge is 0.253 e. The van der Waals surface area contributed by atoms with Crippen LogP contribution in [0.2, 0.25) is 0 Å². The molecule has 2 rings (SSSR count). The molecule has 1 N–H and O–H groups in total. The molecule has 0 aliphatic carbocycles. The number of aryl methyl sites for hydroxylation is 1. The summed E-state index contributed by atoms with van der Waals surface area (Å²) >= 11 is 0. The van der Waals surface area contributed by atoms with Crippen LogP contribution >= 0.6 is 0 Å². The van der Waals surface area contributed by atoms with Crippen LogP contribution < -0.4 is 5.32 Å². The molecule has 0 spiro atoms. The van der Waals surface area contributed by atoms with Gasteiger partial charge in [0.15, 0.2) is 5.78 Å². The Morgan fingerprint density at radius 3 is 2.78 bits per heavy atom. The second-order valence-electron chi connectivity index (χ2n) is 4.54. The molecule has 0 radical (unpaired) electrons. The van der Waals surface area contributed by atoms with E-state index in [2.05, 4.69) is 5.32 Å². The molecule has 1 aromatic rings. The monoisotopic (exact) mass is 247 g/mol. The zero-order valence-corrected chi connectivity index (χ0v) is 10.7. The van der Waals surface area contributed by atoms with Crippen molar-refractivity contribution < 1.29 is 14.3 Å². The first-order chi connectivity index (χ1) is 8.59. The van der Waals surface area contributed by atoms with E-state index >= 15 is 0 Å². The third-order valence-corrected chi connectivity index (χ3v) is 3.10. The minimum absolute atomic E-state index is 0.0456. The number of hydrogen-bond donors (Lipinski definition) is 1. The van der Waals surface area contributed by atoms with Gasteiger partial charge >= 0.3 is 0 Å². The molecule has 96 valence electrons. The second kappa shape index (κ2) is 5.31. The Labute approximate surface area is 106 Å². The minimum Gasteiger partial charge on any atom is -0.368 e. The van der Waals surface area contributed by atoms with Gasteiger partial charge in [-0.05, 0) is 38.3 Å². The SMILES string of the molecule is CC(=O)c1c(C)cccc1NC(=O)[C@H]1CCCO1. The van der Waals surface area contributed by atoms with Crippen molar-refractivity contribution in [2.45, 2.75) is 32.8 Å². The highest BCUT2D eigenvalue weighted by Gasteiger charge is 2.24. The molecular weight excluding hydrogens is 230 g/mol. The number of ketones is 1. The fourth-order valence-electron chi connectivity index (χ4n) is 2.24. The van der Waals surface area contributed by atoms with E-state index in [4.69, 9.17) is 4.74 Å². The van der Waals surface area contributed by atoms with E-state index in [1.807, 2.05) is 19.1 Å². The van der Waals surface area contributed by atoms with Gasteiger partial charge in [0.2, 0.25) is 0 Å². The largest absolute Gasteiger partial charge is 0.368 e. The van der Waals surface area contributed by atoms with E-state index in [-0.39, 0.29) is 17.8 Å². The number of anilines is 1. The van der Waals surface area contributed by atoms with Crippen LogP contribution in [0, 0.1) is 6.92 Å². The van der Waals surface area contributed by atoms with E-state index in [1.54, 1.807) is 6.07 Å². The van der Waals surface area contributed by atoms with E-state index in [9.17, 15) is 9.59 Å². The molecule has 1 fully saturated rings. The summed E-state index contributed by atoms with van der Waals surface area (Å²) in [5.74, 6) is -0.212. The summed E-state index contributed by atoms with van der Waals surface area (Å²) in [6.45, 7) is 3.99. The maximum atomic E-state index is 12.0. The van der Waals surface area contributed by atoms with Gasteiger partial charge in [0.25, 0.3) is 5.91 Å². The Balaban J connectivity index is 2.20. The summed E-state index contributed by atoms with van der Waals surface area (Å²) < 4.78 is 5.32. The highest BCUT2D eigenvalue weighted by atomic mass is 16.5. The van der Waals surface area contributed by atoms with Crippen LogP contribution in [0.25, 0.3) is 0 Å². The molecule has 1 atom stereocenters. The van der Waals surface area contributed by atoms with E-state index in [1.165, 1.54) is 6.92 Å². The lowest BCUT2D eigenvalue weighted by atomic mass is 10.0. The molecule has 1 aliphatic rings. The molecule has 1 aromatic carbocycles. The first kappa shape index (κ1) is 12.8. The molecule has 1 aliphatic heterocycles.